The lowest BCUT2D eigenvalue weighted by atomic mass is 9.85. The summed E-state index contributed by atoms with van der Waals surface area (Å²) in [5.41, 5.74) is 4.75. The predicted molar refractivity (Wildman–Crippen MR) is 90.1 cm³/mol. The highest BCUT2D eigenvalue weighted by Crippen LogP contribution is 2.44. The van der Waals surface area contributed by atoms with Crippen molar-refractivity contribution in [1.82, 2.24) is 4.98 Å². The molecular formula is C19H19NO4. The molecule has 0 fully saturated rings. The third-order valence-electron chi connectivity index (χ3n) is 4.28. The predicted octanol–water partition coefficient (Wildman–Crippen LogP) is 3.52. The van der Waals surface area contributed by atoms with Crippen molar-refractivity contribution in [2.45, 2.75) is 40.5 Å². The van der Waals surface area contributed by atoms with E-state index < -0.39 is 5.97 Å². The Labute approximate surface area is 140 Å². The van der Waals surface area contributed by atoms with E-state index in [0.29, 0.717) is 35.2 Å². The van der Waals surface area contributed by atoms with Crippen LogP contribution < -0.4 is 9.47 Å². The van der Waals surface area contributed by atoms with Gasteiger partial charge >= 0.3 is 11.9 Å². The Morgan fingerprint density at radius 3 is 2.08 bits per heavy atom. The molecule has 5 nitrogen and oxygen atoms in total. The fourth-order valence-corrected chi connectivity index (χ4v) is 3.07. The molecule has 5 heteroatoms. The fraction of sp³-hybridized carbons (Fsp3) is 0.316. The molecule has 0 unspecified atom stereocenters. The first-order valence-corrected chi connectivity index (χ1v) is 7.83. The number of aromatic nitrogens is 1. The summed E-state index contributed by atoms with van der Waals surface area (Å²) < 4.78 is 11.0. The molecule has 1 aromatic carbocycles. The zero-order chi connectivity index (χ0) is 17.4. The summed E-state index contributed by atoms with van der Waals surface area (Å²) >= 11 is 0. The maximum atomic E-state index is 11.6. The van der Waals surface area contributed by atoms with E-state index in [-0.39, 0.29) is 5.97 Å². The highest BCUT2D eigenvalue weighted by Gasteiger charge is 2.27. The molecule has 0 N–H and O–H groups in total. The van der Waals surface area contributed by atoms with Crippen LogP contribution in [0.2, 0.25) is 0 Å². The largest absolute Gasteiger partial charge is 0.426 e. The fourth-order valence-electron chi connectivity index (χ4n) is 3.07. The molecule has 1 aliphatic carbocycles. The van der Waals surface area contributed by atoms with E-state index in [2.05, 4.69) is 18.8 Å². The first-order valence-electron chi connectivity index (χ1n) is 7.83. The van der Waals surface area contributed by atoms with Gasteiger partial charge in [0, 0.05) is 36.6 Å². The van der Waals surface area contributed by atoms with Gasteiger partial charge in [-0.15, -0.1) is 0 Å². The van der Waals surface area contributed by atoms with Crippen molar-refractivity contribution in [2.75, 3.05) is 0 Å². The Hall–Kier alpha value is -2.69. The van der Waals surface area contributed by atoms with Gasteiger partial charge in [-0.1, -0.05) is 11.1 Å². The van der Waals surface area contributed by atoms with Crippen molar-refractivity contribution in [3.8, 4) is 11.5 Å². The number of allylic oxidation sites excluding steroid dienone is 2. The summed E-state index contributed by atoms with van der Waals surface area (Å²) in [5, 5.41) is 0.676. The number of benzene rings is 1. The number of esters is 2. The topological polar surface area (TPSA) is 65.5 Å². The van der Waals surface area contributed by atoms with Crippen LogP contribution in [0.15, 0.2) is 29.5 Å². The van der Waals surface area contributed by atoms with Crippen molar-refractivity contribution in [1.29, 1.82) is 0 Å². The molecule has 24 heavy (non-hydrogen) atoms. The summed E-state index contributed by atoms with van der Waals surface area (Å²) in [6.45, 7) is 6.88. The Balaban J connectivity index is 2.37. The van der Waals surface area contributed by atoms with Crippen LogP contribution in [0.25, 0.3) is 10.9 Å². The van der Waals surface area contributed by atoms with Crippen LogP contribution in [0.4, 0.5) is 0 Å². The molecule has 1 aromatic heterocycles. The van der Waals surface area contributed by atoms with E-state index in [1.165, 1.54) is 25.0 Å². The number of pyridine rings is 1. The minimum atomic E-state index is -0.395. The van der Waals surface area contributed by atoms with E-state index >= 15 is 0 Å². The quantitative estimate of drug-likeness (QED) is 0.480. The Morgan fingerprint density at radius 1 is 0.958 bits per heavy atom. The van der Waals surface area contributed by atoms with Crippen molar-refractivity contribution < 1.29 is 19.1 Å². The van der Waals surface area contributed by atoms with Gasteiger partial charge < -0.3 is 9.47 Å². The minimum absolute atomic E-state index is 0.383. The van der Waals surface area contributed by atoms with E-state index in [1.54, 1.807) is 12.3 Å². The Kier molecular flexibility index (Phi) is 4.09. The molecule has 0 atom stereocenters. The summed E-state index contributed by atoms with van der Waals surface area (Å²) in [5.74, 6) is 0.207. The monoisotopic (exact) mass is 325 g/mol. The summed E-state index contributed by atoms with van der Waals surface area (Å²) in [6, 6.07) is 3.60. The third-order valence-corrected chi connectivity index (χ3v) is 4.28. The smallest absolute Gasteiger partial charge is 0.308 e. The van der Waals surface area contributed by atoms with Crippen molar-refractivity contribution >= 4 is 22.8 Å². The van der Waals surface area contributed by atoms with Crippen LogP contribution in [-0.4, -0.2) is 16.9 Å². The van der Waals surface area contributed by atoms with Gasteiger partial charge in [0.1, 0.15) is 11.3 Å². The van der Waals surface area contributed by atoms with E-state index in [1.807, 2.05) is 6.07 Å². The SMILES string of the molecule is CC(=O)Oc1c2c(c(OC(C)=O)c3ncccc13)CC(C)=C(C)C2. The van der Waals surface area contributed by atoms with Gasteiger partial charge in [0.15, 0.2) is 5.75 Å². The average Bonchev–Trinajstić information content (AvgIpc) is 2.52. The molecule has 2 aromatic rings. The zero-order valence-corrected chi connectivity index (χ0v) is 14.2. The van der Waals surface area contributed by atoms with Crippen molar-refractivity contribution in [2.24, 2.45) is 0 Å². The number of rotatable bonds is 2. The lowest BCUT2D eigenvalue weighted by molar-refractivity contribution is -0.133. The van der Waals surface area contributed by atoms with Crippen LogP contribution in [0.3, 0.4) is 0 Å². The lowest BCUT2D eigenvalue weighted by Crippen LogP contribution is -2.15. The summed E-state index contributed by atoms with van der Waals surface area (Å²) in [6.07, 6.45) is 2.93. The highest BCUT2D eigenvalue weighted by molar-refractivity contribution is 5.96. The second kappa shape index (κ2) is 6.07. The first-order chi connectivity index (χ1) is 11.4. The van der Waals surface area contributed by atoms with Crippen molar-refractivity contribution in [3.05, 3.63) is 40.6 Å². The highest BCUT2D eigenvalue weighted by atomic mass is 16.5. The number of hydrogen-bond acceptors (Lipinski definition) is 5. The third kappa shape index (κ3) is 2.77. The van der Waals surface area contributed by atoms with E-state index in [9.17, 15) is 9.59 Å². The van der Waals surface area contributed by atoms with Gasteiger partial charge in [0.25, 0.3) is 0 Å². The standard InChI is InChI=1S/C19H19NO4/c1-10-8-15-16(9-11(10)2)19(24-13(4)22)17-14(6-5-7-20-17)18(15)23-12(3)21/h5-7H,8-9H2,1-4H3. The van der Waals surface area contributed by atoms with Crippen LogP contribution in [-0.2, 0) is 22.4 Å². The minimum Gasteiger partial charge on any atom is -0.426 e. The van der Waals surface area contributed by atoms with Crippen LogP contribution in [0.1, 0.15) is 38.8 Å². The number of hydrogen-bond donors (Lipinski definition) is 0. The maximum absolute atomic E-state index is 11.6. The molecule has 0 amide bonds. The van der Waals surface area contributed by atoms with Gasteiger partial charge in [-0.3, -0.25) is 14.6 Å². The molecule has 0 radical (unpaired) electrons. The second-order valence-electron chi connectivity index (χ2n) is 6.12. The average molecular weight is 325 g/mol. The molecule has 0 spiro atoms. The first kappa shape index (κ1) is 16.2. The van der Waals surface area contributed by atoms with Crippen LogP contribution in [0.5, 0.6) is 11.5 Å². The van der Waals surface area contributed by atoms with Crippen molar-refractivity contribution in [3.63, 3.8) is 0 Å². The van der Waals surface area contributed by atoms with Crippen LogP contribution >= 0.6 is 0 Å². The summed E-state index contributed by atoms with van der Waals surface area (Å²) in [7, 11) is 0. The van der Waals surface area contributed by atoms with Gasteiger partial charge in [0.05, 0.1) is 0 Å². The zero-order valence-electron chi connectivity index (χ0n) is 14.2. The summed E-state index contributed by atoms with van der Waals surface area (Å²) in [4.78, 5) is 27.6. The Morgan fingerprint density at radius 2 is 1.50 bits per heavy atom. The van der Waals surface area contributed by atoms with Gasteiger partial charge in [0.2, 0.25) is 0 Å². The van der Waals surface area contributed by atoms with Gasteiger partial charge in [-0.2, -0.15) is 0 Å². The molecule has 0 saturated carbocycles. The van der Waals surface area contributed by atoms with E-state index in [0.717, 1.165) is 11.1 Å². The van der Waals surface area contributed by atoms with Crippen LogP contribution in [0, 0.1) is 0 Å². The van der Waals surface area contributed by atoms with E-state index in [4.69, 9.17) is 9.47 Å². The molecule has 0 aliphatic heterocycles. The molecule has 124 valence electrons. The molecule has 0 saturated heterocycles. The van der Waals surface area contributed by atoms with Gasteiger partial charge in [-0.25, -0.2) is 0 Å². The molecule has 1 heterocycles. The number of carbonyl (C=O) groups excluding carboxylic acids is 2. The normalized spacial score (nSPS) is 13.7. The molecule has 1 aliphatic rings. The number of fused-ring (bicyclic) bond motifs is 2. The number of nitrogens with zero attached hydrogens (tertiary/aromatic N) is 1. The molecular weight excluding hydrogens is 306 g/mol. The number of carbonyl (C=O) groups is 2. The second-order valence-corrected chi connectivity index (χ2v) is 6.12. The lowest BCUT2D eigenvalue weighted by Gasteiger charge is -2.25. The Bertz CT molecular complexity index is 823. The van der Waals surface area contributed by atoms with Gasteiger partial charge in [-0.05, 0) is 38.8 Å². The number of ether oxygens (including phenoxy) is 2. The maximum Gasteiger partial charge on any atom is 0.308 e. The molecule has 0 bridgehead atoms. The molecule has 3 rings (SSSR count).